The largest absolute Gasteiger partial charge is 0.436 e. The Labute approximate surface area is 220 Å². The number of anilines is 5. The number of aromatic nitrogens is 3. The van der Waals surface area contributed by atoms with Crippen LogP contribution in [0.1, 0.15) is 16.8 Å². The molecule has 0 spiro atoms. The van der Waals surface area contributed by atoms with E-state index in [1.54, 1.807) is 20.2 Å². The van der Waals surface area contributed by atoms with Gasteiger partial charge >= 0.3 is 18.2 Å². The Bertz CT molecular complexity index is 1390. The van der Waals surface area contributed by atoms with Crippen molar-refractivity contribution < 1.29 is 31.7 Å². The molecule has 3 aromatic rings. The smallest absolute Gasteiger partial charge is 0.353 e. The second-order valence-corrected chi connectivity index (χ2v) is 8.97. The van der Waals surface area contributed by atoms with Crippen LogP contribution in [0.4, 0.5) is 56.2 Å². The van der Waals surface area contributed by atoms with Crippen LogP contribution >= 0.6 is 0 Å². The van der Waals surface area contributed by atoms with Gasteiger partial charge in [-0.2, -0.15) is 18.2 Å². The molecule has 0 bridgehead atoms. The second-order valence-electron chi connectivity index (χ2n) is 8.97. The first-order valence-electron chi connectivity index (χ1n) is 11.5. The summed E-state index contributed by atoms with van der Waals surface area (Å²) in [5, 5.41) is 10.2. The third-order valence-corrected chi connectivity index (χ3v) is 5.71. The number of hydrogen-bond acceptors (Lipinski definition) is 8. The van der Waals surface area contributed by atoms with Gasteiger partial charge in [-0.3, -0.25) is 15.1 Å². The number of urea groups is 2. The number of alkyl halides is 3. The molecule has 1 aliphatic rings. The number of nitrogens with one attached hydrogen (secondary N) is 3. The minimum absolute atomic E-state index is 0.0763. The molecule has 208 valence electrons. The van der Waals surface area contributed by atoms with E-state index in [1.807, 2.05) is 24.3 Å². The zero-order valence-electron chi connectivity index (χ0n) is 21.4. The summed E-state index contributed by atoms with van der Waals surface area (Å²) < 4.78 is 57.2. The maximum Gasteiger partial charge on any atom is 0.436 e. The summed E-state index contributed by atoms with van der Waals surface area (Å²) in [6, 6.07) is 1.33. The first-order chi connectivity index (χ1) is 18.3. The Morgan fingerprint density at radius 2 is 1.95 bits per heavy atom. The molecular weight excluding hydrogens is 526 g/mol. The van der Waals surface area contributed by atoms with Crippen molar-refractivity contribution in [2.45, 2.75) is 19.6 Å². The van der Waals surface area contributed by atoms with Crippen LogP contribution in [0.2, 0.25) is 0 Å². The van der Waals surface area contributed by atoms with E-state index >= 15 is 0 Å². The number of carbonyl (C=O) groups is 2. The molecule has 3 heterocycles. The van der Waals surface area contributed by atoms with E-state index in [9.17, 15) is 27.2 Å². The monoisotopic (exact) mass is 551 g/mol. The Morgan fingerprint density at radius 1 is 1.21 bits per heavy atom. The minimum atomic E-state index is -4.76. The number of likely N-dealkylation sites (N-methyl/N-ethyl adjacent to an activating group) is 1. The molecule has 4 amide bonds. The highest BCUT2D eigenvalue weighted by Gasteiger charge is 2.35. The van der Waals surface area contributed by atoms with Gasteiger partial charge in [-0.25, -0.2) is 19.0 Å². The van der Waals surface area contributed by atoms with E-state index < -0.39 is 35.6 Å². The van der Waals surface area contributed by atoms with Crippen molar-refractivity contribution in [3.63, 3.8) is 0 Å². The molecule has 0 aliphatic carbocycles. The third-order valence-electron chi connectivity index (χ3n) is 5.71. The lowest BCUT2D eigenvalue weighted by molar-refractivity contribution is -0.142. The maximum absolute atomic E-state index is 14.7. The molecule has 0 saturated heterocycles. The number of halogens is 4. The molecule has 0 unspecified atom stereocenters. The van der Waals surface area contributed by atoms with E-state index in [4.69, 9.17) is 0 Å². The number of nitrogens with zero attached hydrogens (tertiary/aromatic N) is 6. The highest BCUT2D eigenvalue weighted by atomic mass is 19.4. The fourth-order valence-corrected chi connectivity index (χ4v) is 3.76. The molecule has 0 radical (unpaired) electrons. The number of rotatable bonds is 7. The summed E-state index contributed by atoms with van der Waals surface area (Å²) in [5.74, 6) is -0.628. The number of hydrogen-bond donors (Lipinski definition) is 3. The molecule has 0 fully saturated rings. The fraction of sp³-hybridized carbons (Fsp3) is 0.348. The van der Waals surface area contributed by atoms with E-state index in [-0.39, 0.29) is 12.2 Å². The number of fused-ring (bicyclic) bond motifs is 1. The van der Waals surface area contributed by atoms with Crippen LogP contribution in [0.15, 0.2) is 28.9 Å². The minimum Gasteiger partial charge on any atom is -0.353 e. The highest BCUT2D eigenvalue weighted by Crippen LogP contribution is 2.34. The summed E-state index contributed by atoms with van der Waals surface area (Å²) in [7, 11) is 5.41. The average Bonchev–Trinajstić information content (AvgIpc) is 3.32. The topological polar surface area (TPSA) is 132 Å². The lowest BCUT2D eigenvalue weighted by atomic mass is 10.1. The summed E-state index contributed by atoms with van der Waals surface area (Å²) in [6.07, 6.45) is -3.17. The van der Waals surface area contributed by atoms with Gasteiger partial charge in [0.15, 0.2) is 5.69 Å². The summed E-state index contributed by atoms with van der Waals surface area (Å²) in [6.45, 7) is 3.03. The summed E-state index contributed by atoms with van der Waals surface area (Å²) >= 11 is 0. The zero-order valence-corrected chi connectivity index (χ0v) is 21.4. The van der Waals surface area contributed by atoms with Gasteiger partial charge in [-0.15, -0.1) is 0 Å². The molecule has 0 saturated carbocycles. The van der Waals surface area contributed by atoms with E-state index in [0.717, 1.165) is 12.6 Å². The fourth-order valence-electron chi connectivity index (χ4n) is 3.76. The molecule has 3 N–H and O–H groups in total. The quantitative estimate of drug-likeness (QED) is 0.374. The van der Waals surface area contributed by atoms with Crippen LogP contribution in [0, 0.1) is 12.7 Å². The third kappa shape index (κ3) is 6.17. The van der Waals surface area contributed by atoms with Crippen molar-refractivity contribution in [1.82, 2.24) is 20.0 Å². The zero-order chi connectivity index (χ0) is 28.5. The van der Waals surface area contributed by atoms with E-state index in [0.29, 0.717) is 41.2 Å². The summed E-state index contributed by atoms with van der Waals surface area (Å²) in [4.78, 5) is 39.0. The van der Waals surface area contributed by atoms with Gasteiger partial charge in [0.2, 0.25) is 11.8 Å². The Hall–Kier alpha value is -4.47. The standard InChI is InChI=1S/C23H25F4N9O3/c1-12-7-14(24)15(30-21(37)31-18-9-17(33-39-18)23(25,26)27)8-16(12)36-11-13-10-29-20(28-5-6-34(2)3)32-19(13)35(4)22(36)38/h7-10H,5-6,11H2,1-4H3,(H,28,29,32)(H2,30,31,37). The first kappa shape index (κ1) is 27.6. The van der Waals surface area contributed by atoms with E-state index in [1.165, 1.54) is 15.9 Å². The van der Waals surface area contributed by atoms with Gasteiger partial charge in [-0.1, -0.05) is 5.16 Å². The predicted octanol–water partition coefficient (Wildman–Crippen LogP) is 4.12. The van der Waals surface area contributed by atoms with Gasteiger partial charge in [0.25, 0.3) is 0 Å². The molecule has 12 nitrogen and oxygen atoms in total. The molecule has 39 heavy (non-hydrogen) atoms. The number of benzene rings is 1. The van der Waals surface area contributed by atoms with Crippen LogP contribution in [-0.2, 0) is 12.7 Å². The second kappa shape index (κ2) is 10.7. The molecule has 16 heteroatoms. The molecule has 0 atom stereocenters. The first-order valence-corrected chi connectivity index (χ1v) is 11.5. The average molecular weight is 552 g/mol. The normalized spacial score (nSPS) is 13.5. The van der Waals surface area contributed by atoms with Gasteiger partial charge < -0.3 is 20.1 Å². The molecule has 4 rings (SSSR count). The van der Waals surface area contributed by atoms with Gasteiger partial charge in [0, 0.05) is 38.0 Å². The van der Waals surface area contributed by atoms with Crippen LogP contribution in [0.3, 0.4) is 0 Å². The maximum atomic E-state index is 14.7. The Balaban J connectivity index is 1.52. The van der Waals surface area contributed by atoms with Crippen molar-refractivity contribution in [3.05, 3.63) is 47.0 Å². The lowest BCUT2D eigenvalue weighted by Gasteiger charge is -2.35. The SMILES string of the molecule is Cc1cc(F)c(NC(=O)Nc2cc(C(F)(F)F)no2)cc1N1Cc2cnc(NCCN(C)C)nc2N(C)C1=O. The van der Waals surface area contributed by atoms with Crippen molar-refractivity contribution in [2.24, 2.45) is 0 Å². The van der Waals surface area contributed by atoms with Gasteiger partial charge in [0.05, 0.1) is 17.9 Å². The van der Waals surface area contributed by atoms with Crippen molar-refractivity contribution in [1.29, 1.82) is 0 Å². The van der Waals surface area contributed by atoms with Crippen molar-refractivity contribution in [2.75, 3.05) is 60.0 Å². The Morgan fingerprint density at radius 3 is 2.62 bits per heavy atom. The summed E-state index contributed by atoms with van der Waals surface area (Å²) in [5.41, 5.74) is -0.327. The van der Waals surface area contributed by atoms with Crippen molar-refractivity contribution in [3.8, 4) is 0 Å². The number of aryl methyl sites for hydroxylation is 1. The molecule has 1 aliphatic heterocycles. The van der Waals surface area contributed by atoms with Crippen LogP contribution in [-0.4, -0.2) is 66.3 Å². The number of carbonyl (C=O) groups excluding carboxylic acids is 2. The van der Waals surface area contributed by atoms with Crippen LogP contribution in [0.25, 0.3) is 0 Å². The van der Waals surface area contributed by atoms with Crippen LogP contribution in [0.5, 0.6) is 0 Å². The van der Waals surface area contributed by atoms with Gasteiger partial charge in [0.1, 0.15) is 11.6 Å². The molecule has 1 aromatic carbocycles. The Kier molecular flexibility index (Phi) is 7.58. The highest BCUT2D eigenvalue weighted by molar-refractivity contribution is 6.06. The number of amides is 4. The molecular formula is C23H25F4N9O3. The van der Waals surface area contributed by atoms with Gasteiger partial charge in [-0.05, 0) is 38.7 Å². The lowest BCUT2D eigenvalue weighted by Crippen LogP contribution is -2.46. The van der Waals surface area contributed by atoms with Crippen LogP contribution < -0.4 is 25.8 Å². The van der Waals surface area contributed by atoms with E-state index in [2.05, 4.69) is 30.3 Å². The van der Waals surface area contributed by atoms with Crippen molar-refractivity contribution >= 4 is 41.1 Å². The molecule has 2 aromatic heterocycles. The predicted molar refractivity (Wildman–Crippen MR) is 134 cm³/mol.